The summed E-state index contributed by atoms with van der Waals surface area (Å²) in [6.45, 7) is 1.75. The number of hydrogen-bond acceptors (Lipinski definition) is 4. The molecular formula is C12H22N2O3. The normalized spacial score (nSPS) is 32.5. The van der Waals surface area contributed by atoms with Crippen LogP contribution >= 0.6 is 0 Å². The van der Waals surface area contributed by atoms with Crippen molar-refractivity contribution in [3.8, 4) is 0 Å². The maximum Gasteiger partial charge on any atom is 0.410 e. The van der Waals surface area contributed by atoms with E-state index in [1.807, 2.05) is 0 Å². The molecule has 2 saturated heterocycles. The van der Waals surface area contributed by atoms with E-state index in [4.69, 9.17) is 9.47 Å². The van der Waals surface area contributed by atoms with Gasteiger partial charge in [-0.2, -0.15) is 0 Å². The Labute approximate surface area is 103 Å². The van der Waals surface area contributed by atoms with Crippen LogP contribution in [-0.2, 0) is 9.47 Å². The van der Waals surface area contributed by atoms with E-state index >= 15 is 0 Å². The van der Waals surface area contributed by atoms with Gasteiger partial charge in [0, 0.05) is 39.7 Å². The summed E-state index contributed by atoms with van der Waals surface area (Å²) in [5.74, 6) is 0. The Morgan fingerprint density at radius 3 is 2.88 bits per heavy atom. The first kappa shape index (κ1) is 12.6. The second kappa shape index (κ2) is 4.82. The first-order valence-electron chi connectivity index (χ1n) is 6.23. The molecule has 0 radical (unpaired) electrons. The molecule has 2 fully saturated rings. The summed E-state index contributed by atoms with van der Waals surface area (Å²) in [6, 6.07) is 0. The molecule has 2 unspecified atom stereocenters. The van der Waals surface area contributed by atoms with Crippen LogP contribution in [0.1, 0.15) is 25.7 Å². The lowest BCUT2D eigenvalue weighted by Crippen LogP contribution is -2.47. The number of carbonyl (C=O) groups excluding carboxylic acids is 1. The Morgan fingerprint density at radius 2 is 2.24 bits per heavy atom. The summed E-state index contributed by atoms with van der Waals surface area (Å²) < 4.78 is 10.9. The zero-order valence-electron chi connectivity index (χ0n) is 10.9. The van der Waals surface area contributed by atoms with Crippen molar-refractivity contribution < 1.29 is 14.3 Å². The van der Waals surface area contributed by atoms with Crippen LogP contribution < -0.4 is 0 Å². The molecular weight excluding hydrogens is 220 g/mol. The van der Waals surface area contributed by atoms with Gasteiger partial charge in [0.25, 0.3) is 0 Å². The standard InChI is InChI=1S/C12H22N2O3/c1-13(2)11(15)17-10-5-7-12(9-16-3)6-4-8-14(10)12/h10H,4-9H2,1-3H3. The minimum atomic E-state index is -0.255. The van der Waals surface area contributed by atoms with Crippen LogP contribution in [0, 0.1) is 0 Å². The van der Waals surface area contributed by atoms with Gasteiger partial charge in [-0.25, -0.2) is 4.79 Å². The van der Waals surface area contributed by atoms with Crippen LogP contribution in [0.4, 0.5) is 4.79 Å². The quantitative estimate of drug-likeness (QED) is 0.748. The highest BCUT2D eigenvalue weighted by Gasteiger charge is 2.50. The SMILES string of the molecule is COCC12CCCN1C(OC(=O)N(C)C)CC2. The molecule has 0 aromatic carbocycles. The van der Waals surface area contributed by atoms with Gasteiger partial charge in [-0.3, -0.25) is 4.90 Å². The summed E-state index contributed by atoms with van der Waals surface area (Å²) in [5.41, 5.74) is 0.117. The number of rotatable bonds is 3. The maximum absolute atomic E-state index is 11.6. The van der Waals surface area contributed by atoms with Gasteiger partial charge in [-0.05, 0) is 19.3 Å². The van der Waals surface area contributed by atoms with Crippen molar-refractivity contribution in [3.05, 3.63) is 0 Å². The molecule has 0 spiro atoms. The van der Waals surface area contributed by atoms with Crippen LogP contribution in [-0.4, -0.2) is 62.0 Å². The Hall–Kier alpha value is -0.810. The van der Waals surface area contributed by atoms with Gasteiger partial charge in [0.1, 0.15) is 0 Å². The van der Waals surface area contributed by atoms with Gasteiger partial charge >= 0.3 is 6.09 Å². The summed E-state index contributed by atoms with van der Waals surface area (Å²) in [6.07, 6.45) is 3.98. The molecule has 0 aromatic rings. The summed E-state index contributed by atoms with van der Waals surface area (Å²) in [7, 11) is 5.16. The third-order valence-electron chi connectivity index (χ3n) is 3.87. The molecule has 2 heterocycles. The van der Waals surface area contributed by atoms with Crippen molar-refractivity contribution in [3.63, 3.8) is 0 Å². The second-order valence-corrected chi connectivity index (χ2v) is 5.23. The Kier molecular flexibility index (Phi) is 3.58. The molecule has 0 N–H and O–H groups in total. The molecule has 0 bridgehead atoms. The molecule has 1 amide bonds. The second-order valence-electron chi connectivity index (χ2n) is 5.23. The average molecular weight is 242 g/mol. The van der Waals surface area contributed by atoms with Gasteiger partial charge in [-0.15, -0.1) is 0 Å². The average Bonchev–Trinajstić information content (AvgIpc) is 2.79. The Morgan fingerprint density at radius 1 is 1.47 bits per heavy atom. The molecule has 98 valence electrons. The molecule has 5 heteroatoms. The van der Waals surface area contributed by atoms with Crippen LogP contribution in [0.2, 0.25) is 0 Å². The summed E-state index contributed by atoms with van der Waals surface area (Å²) in [5, 5.41) is 0. The van der Waals surface area contributed by atoms with Crippen molar-refractivity contribution in [1.29, 1.82) is 0 Å². The van der Waals surface area contributed by atoms with Crippen molar-refractivity contribution in [1.82, 2.24) is 9.80 Å². The molecule has 0 saturated carbocycles. The van der Waals surface area contributed by atoms with Crippen molar-refractivity contribution >= 4 is 6.09 Å². The fourth-order valence-electron chi connectivity index (χ4n) is 3.07. The van der Waals surface area contributed by atoms with E-state index in [0.29, 0.717) is 0 Å². The maximum atomic E-state index is 11.6. The highest BCUT2D eigenvalue weighted by molar-refractivity contribution is 5.67. The monoisotopic (exact) mass is 242 g/mol. The van der Waals surface area contributed by atoms with E-state index in [0.717, 1.165) is 32.4 Å². The van der Waals surface area contributed by atoms with Gasteiger partial charge < -0.3 is 14.4 Å². The summed E-state index contributed by atoms with van der Waals surface area (Å²) >= 11 is 0. The van der Waals surface area contributed by atoms with Crippen molar-refractivity contribution in [2.75, 3.05) is 34.4 Å². The Bertz CT molecular complexity index is 295. The smallest absolute Gasteiger partial charge is 0.410 e. The van der Waals surface area contributed by atoms with E-state index in [1.54, 1.807) is 21.2 Å². The lowest BCUT2D eigenvalue weighted by atomic mass is 9.95. The molecule has 5 nitrogen and oxygen atoms in total. The highest BCUT2D eigenvalue weighted by atomic mass is 16.6. The number of carbonyl (C=O) groups is 1. The van der Waals surface area contributed by atoms with Crippen LogP contribution in [0.5, 0.6) is 0 Å². The zero-order valence-corrected chi connectivity index (χ0v) is 10.9. The number of fused-ring (bicyclic) bond motifs is 1. The van der Waals surface area contributed by atoms with Crippen molar-refractivity contribution in [2.45, 2.75) is 37.5 Å². The van der Waals surface area contributed by atoms with E-state index in [2.05, 4.69) is 4.90 Å². The van der Waals surface area contributed by atoms with Crippen LogP contribution in [0.15, 0.2) is 0 Å². The molecule has 2 aliphatic rings. The number of hydrogen-bond donors (Lipinski definition) is 0. The molecule has 17 heavy (non-hydrogen) atoms. The largest absolute Gasteiger partial charge is 0.430 e. The third-order valence-corrected chi connectivity index (χ3v) is 3.87. The van der Waals surface area contributed by atoms with E-state index in [-0.39, 0.29) is 17.9 Å². The van der Waals surface area contributed by atoms with Crippen LogP contribution in [0.3, 0.4) is 0 Å². The number of ether oxygens (including phenoxy) is 2. The fraction of sp³-hybridized carbons (Fsp3) is 0.917. The summed E-state index contributed by atoms with van der Waals surface area (Å²) in [4.78, 5) is 15.4. The van der Waals surface area contributed by atoms with Gasteiger partial charge in [0.2, 0.25) is 0 Å². The predicted octanol–water partition coefficient (Wildman–Crippen LogP) is 1.29. The minimum Gasteiger partial charge on any atom is -0.430 e. The lowest BCUT2D eigenvalue weighted by Gasteiger charge is -2.34. The van der Waals surface area contributed by atoms with E-state index in [9.17, 15) is 4.79 Å². The predicted molar refractivity (Wildman–Crippen MR) is 63.7 cm³/mol. The number of amides is 1. The molecule has 2 atom stereocenters. The first-order valence-corrected chi connectivity index (χ1v) is 6.23. The lowest BCUT2D eigenvalue weighted by molar-refractivity contribution is -0.0392. The fourth-order valence-corrected chi connectivity index (χ4v) is 3.07. The minimum absolute atomic E-state index is 0.0671. The molecule has 0 aliphatic carbocycles. The van der Waals surface area contributed by atoms with E-state index < -0.39 is 0 Å². The number of nitrogens with zero attached hydrogens (tertiary/aromatic N) is 2. The molecule has 2 rings (SSSR count). The highest BCUT2D eigenvalue weighted by Crippen LogP contribution is 2.42. The Balaban J connectivity index is 2.01. The van der Waals surface area contributed by atoms with Gasteiger partial charge in [0.05, 0.1) is 6.61 Å². The van der Waals surface area contributed by atoms with Crippen LogP contribution in [0.25, 0.3) is 0 Å². The van der Waals surface area contributed by atoms with Gasteiger partial charge in [0.15, 0.2) is 6.23 Å². The first-order chi connectivity index (χ1) is 8.09. The molecule has 2 aliphatic heterocycles. The topological polar surface area (TPSA) is 42.0 Å². The van der Waals surface area contributed by atoms with Gasteiger partial charge in [-0.1, -0.05) is 0 Å². The van der Waals surface area contributed by atoms with Crippen molar-refractivity contribution in [2.24, 2.45) is 0 Å². The molecule has 0 aromatic heterocycles. The third kappa shape index (κ3) is 2.26. The number of methoxy groups -OCH3 is 1. The zero-order chi connectivity index (χ0) is 12.5. The van der Waals surface area contributed by atoms with E-state index in [1.165, 1.54) is 11.3 Å².